The van der Waals surface area contributed by atoms with Crippen LogP contribution in [-0.2, 0) is 0 Å². The summed E-state index contributed by atoms with van der Waals surface area (Å²) in [6.07, 6.45) is 3.19. The molecule has 73 valence electrons. The molecule has 0 amide bonds. The zero-order chi connectivity index (χ0) is 9.40. The molecule has 0 aromatic heterocycles. The molecule has 1 radical (unpaired) electrons. The summed E-state index contributed by atoms with van der Waals surface area (Å²) < 4.78 is 0. The maximum absolute atomic E-state index is 5.82. The molecule has 0 aliphatic rings. The van der Waals surface area contributed by atoms with Crippen molar-refractivity contribution in [3.63, 3.8) is 0 Å². The molecule has 5 N–H and O–H groups in total. The van der Waals surface area contributed by atoms with Crippen molar-refractivity contribution in [2.75, 3.05) is 19.6 Å². The maximum Gasteiger partial charge on any atom is 0.00940 e. The van der Waals surface area contributed by atoms with E-state index in [4.69, 9.17) is 11.5 Å². The minimum Gasteiger partial charge on any atom is -0.329 e. The fourth-order valence-electron chi connectivity index (χ4n) is 0.877. The molecule has 0 bridgehead atoms. The molecule has 3 nitrogen and oxygen atoms in total. The first-order valence-electron chi connectivity index (χ1n) is 4.68. The third-order valence-electron chi connectivity index (χ3n) is 1.85. The normalized spacial score (nSPS) is 13.8. The minimum absolute atomic E-state index is 0.227. The van der Waals surface area contributed by atoms with Gasteiger partial charge in [0.25, 0.3) is 0 Å². The van der Waals surface area contributed by atoms with Crippen molar-refractivity contribution in [3.8, 4) is 0 Å². The highest BCUT2D eigenvalue weighted by Crippen LogP contribution is 2.03. The summed E-state index contributed by atoms with van der Waals surface area (Å²) >= 11 is 0. The van der Waals surface area contributed by atoms with Gasteiger partial charge in [-0.05, 0) is 25.3 Å². The van der Waals surface area contributed by atoms with E-state index in [1.165, 1.54) is 0 Å². The Bertz CT molecular complexity index is 93.8. The summed E-state index contributed by atoms with van der Waals surface area (Å²) in [5.41, 5.74) is 11.1. The largest absolute Gasteiger partial charge is 0.329 e. The lowest BCUT2D eigenvalue weighted by atomic mass is 10.0. The lowest BCUT2D eigenvalue weighted by Gasteiger charge is -2.14. The molecule has 0 fully saturated rings. The van der Waals surface area contributed by atoms with Gasteiger partial charge in [-0.2, -0.15) is 0 Å². The second-order valence-corrected chi connectivity index (χ2v) is 3.38. The Morgan fingerprint density at radius 1 is 1.33 bits per heavy atom. The molecule has 0 aromatic rings. The molecule has 1 unspecified atom stereocenters. The lowest BCUT2D eigenvalue weighted by molar-refractivity contribution is 0.521. The molecule has 12 heavy (non-hydrogen) atoms. The molecule has 0 aliphatic heterocycles. The molecule has 0 aliphatic carbocycles. The molecule has 0 aromatic carbocycles. The van der Waals surface area contributed by atoms with E-state index in [-0.39, 0.29) is 6.04 Å². The second kappa shape index (κ2) is 7.53. The van der Waals surface area contributed by atoms with Crippen LogP contribution in [0.15, 0.2) is 0 Å². The van der Waals surface area contributed by atoms with Crippen LogP contribution in [0.2, 0.25) is 0 Å². The smallest absolute Gasteiger partial charge is 0.00940 e. The van der Waals surface area contributed by atoms with Crippen molar-refractivity contribution in [2.24, 2.45) is 17.4 Å². The van der Waals surface area contributed by atoms with Crippen LogP contribution < -0.4 is 16.8 Å². The SMILES string of the molecule is CC(C)C(N)[CH]CCNCCN. The van der Waals surface area contributed by atoms with Crippen LogP contribution in [0.1, 0.15) is 20.3 Å². The summed E-state index contributed by atoms with van der Waals surface area (Å²) in [6, 6.07) is 0.227. The fourth-order valence-corrected chi connectivity index (χ4v) is 0.877. The Labute approximate surface area is 75.9 Å². The molecular weight excluding hydrogens is 150 g/mol. The van der Waals surface area contributed by atoms with Gasteiger partial charge in [0.15, 0.2) is 0 Å². The second-order valence-electron chi connectivity index (χ2n) is 3.38. The highest BCUT2D eigenvalue weighted by Gasteiger charge is 2.06. The average molecular weight is 172 g/mol. The van der Waals surface area contributed by atoms with Crippen LogP contribution >= 0.6 is 0 Å². The van der Waals surface area contributed by atoms with Gasteiger partial charge >= 0.3 is 0 Å². The van der Waals surface area contributed by atoms with Crippen molar-refractivity contribution >= 4 is 0 Å². The number of hydrogen-bond acceptors (Lipinski definition) is 3. The van der Waals surface area contributed by atoms with Crippen LogP contribution in [0.25, 0.3) is 0 Å². The number of hydrogen-bond donors (Lipinski definition) is 3. The summed E-state index contributed by atoms with van der Waals surface area (Å²) in [6.45, 7) is 6.85. The molecule has 0 saturated carbocycles. The van der Waals surface area contributed by atoms with Gasteiger partial charge in [-0.3, -0.25) is 0 Å². The highest BCUT2D eigenvalue weighted by molar-refractivity contribution is 4.82. The standard InChI is InChI=1S/C9H22N3/c1-8(2)9(11)4-3-6-12-7-5-10/h4,8-9,12H,3,5-7,10-11H2,1-2H3. The van der Waals surface area contributed by atoms with E-state index >= 15 is 0 Å². The fraction of sp³-hybridized carbons (Fsp3) is 0.889. The third kappa shape index (κ3) is 6.58. The van der Waals surface area contributed by atoms with E-state index in [0.717, 1.165) is 19.5 Å². The Hall–Kier alpha value is -0.120. The van der Waals surface area contributed by atoms with E-state index in [2.05, 4.69) is 25.6 Å². The molecule has 0 rings (SSSR count). The van der Waals surface area contributed by atoms with Crippen LogP contribution in [-0.4, -0.2) is 25.7 Å². The lowest BCUT2D eigenvalue weighted by Crippen LogP contribution is -2.29. The van der Waals surface area contributed by atoms with E-state index in [1.54, 1.807) is 0 Å². The zero-order valence-electron chi connectivity index (χ0n) is 8.22. The Morgan fingerprint density at radius 2 is 2.00 bits per heavy atom. The molecule has 0 heterocycles. The van der Waals surface area contributed by atoms with Gasteiger partial charge in [0, 0.05) is 19.1 Å². The molecule has 3 heteroatoms. The topological polar surface area (TPSA) is 64.1 Å². The first-order chi connectivity index (χ1) is 5.68. The molecule has 0 saturated heterocycles. The zero-order valence-corrected chi connectivity index (χ0v) is 8.22. The summed E-state index contributed by atoms with van der Waals surface area (Å²) in [5.74, 6) is 0.541. The minimum atomic E-state index is 0.227. The number of rotatable bonds is 7. The van der Waals surface area contributed by atoms with Crippen molar-refractivity contribution in [1.29, 1.82) is 0 Å². The number of nitrogens with two attached hydrogens (primary N) is 2. The average Bonchev–Trinajstić information content (AvgIpc) is 2.03. The summed E-state index contributed by atoms with van der Waals surface area (Å²) in [7, 11) is 0. The first kappa shape index (κ1) is 11.9. The van der Waals surface area contributed by atoms with Gasteiger partial charge in [-0.25, -0.2) is 0 Å². The van der Waals surface area contributed by atoms with Gasteiger partial charge in [0.2, 0.25) is 0 Å². The van der Waals surface area contributed by atoms with E-state index in [9.17, 15) is 0 Å². The molecule has 0 spiro atoms. The van der Waals surface area contributed by atoms with Gasteiger partial charge in [-0.1, -0.05) is 13.8 Å². The van der Waals surface area contributed by atoms with Crippen molar-refractivity contribution in [3.05, 3.63) is 6.42 Å². The van der Waals surface area contributed by atoms with Crippen molar-refractivity contribution in [1.82, 2.24) is 5.32 Å². The van der Waals surface area contributed by atoms with Gasteiger partial charge in [0.05, 0.1) is 0 Å². The van der Waals surface area contributed by atoms with Crippen molar-refractivity contribution in [2.45, 2.75) is 26.3 Å². The van der Waals surface area contributed by atoms with E-state index in [0.29, 0.717) is 12.5 Å². The number of nitrogens with one attached hydrogen (secondary N) is 1. The van der Waals surface area contributed by atoms with Crippen LogP contribution in [0.4, 0.5) is 0 Å². The Balaban J connectivity index is 3.08. The summed E-state index contributed by atoms with van der Waals surface area (Å²) in [4.78, 5) is 0. The van der Waals surface area contributed by atoms with Crippen LogP contribution in [0.3, 0.4) is 0 Å². The Morgan fingerprint density at radius 3 is 2.50 bits per heavy atom. The van der Waals surface area contributed by atoms with E-state index in [1.807, 2.05) is 0 Å². The maximum atomic E-state index is 5.82. The third-order valence-corrected chi connectivity index (χ3v) is 1.85. The predicted molar refractivity (Wildman–Crippen MR) is 53.7 cm³/mol. The first-order valence-corrected chi connectivity index (χ1v) is 4.68. The Kier molecular flexibility index (Phi) is 7.45. The molecular formula is C9H22N3. The highest BCUT2D eigenvalue weighted by atomic mass is 14.9. The van der Waals surface area contributed by atoms with E-state index < -0.39 is 0 Å². The van der Waals surface area contributed by atoms with Crippen molar-refractivity contribution < 1.29 is 0 Å². The van der Waals surface area contributed by atoms with Gasteiger partial charge in [0.1, 0.15) is 0 Å². The van der Waals surface area contributed by atoms with Gasteiger partial charge in [-0.15, -0.1) is 0 Å². The quantitative estimate of drug-likeness (QED) is 0.478. The van der Waals surface area contributed by atoms with Crippen LogP contribution in [0, 0.1) is 12.3 Å². The van der Waals surface area contributed by atoms with Gasteiger partial charge < -0.3 is 16.8 Å². The monoisotopic (exact) mass is 172 g/mol. The predicted octanol–water partition coefficient (Wildman–Crippen LogP) is 0.112. The van der Waals surface area contributed by atoms with Crippen LogP contribution in [0.5, 0.6) is 0 Å². The summed E-state index contributed by atoms with van der Waals surface area (Å²) in [5, 5.41) is 3.22. The molecule has 1 atom stereocenters.